The molecule has 0 aromatic heterocycles. The Labute approximate surface area is 196 Å². The van der Waals surface area contributed by atoms with E-state index < -0.39 is 5.60 Å². The maximum absolute atomic E-state index is 12.2. The van der Waals surface area contributed by atoms with Crippen LogP contribution in [0.2, 0.25) is 0 Å². The summed E-state index contributed by atoms with van der Waals surface area (Å²) in [5.74, 6) is 1.30. The van der Waals surface area contributed by atoms with E-state index in [0.717, 1.165) is 50.5 Å². The molecular weight excluding hydrogens is 414 g/mol. The van der Waals surface area contributed by atoms with Crippen LogP contribution in [-0.4, -0.2) is 41.6 Å². The number of ketones is 1. The van der Waals surface area contributed by atoms with Crippen molar-refractivity contribution in [3.05, 3.63) is 58.2 Å². The fourth-order valence-electron chi connectivity index (χ4n) is 7.63. The monoisotopic (exact) mass is 449 g/mol. The van der Waals surface area contributed by atoms with E-state index in [0.29, 0.717) is 24.9 Å². The second-order valence-electron chi connectivity index (χ2n) is 10.8. The Morgan fingerprint density at radius 2 is 1.97 bits per heavy atom. The highest BCUT2D eigenvalue weighted by atomic mass is 16.5. The molecule has 2 fully saturated rings. The first-order chi connectivity index (χ1) is 15.9. The van der Waals surface area contributed by atoms with Crippen LogP contribution in [0.5, 0.6) is 0 Å². The quantitative estimate of drug-likeness (QED) is 0.378. The van der Waals surface area contributed by atoms with Crippen LogP contribution in [0, 0.1) is 17.3 Å². The van der Waals surface area contributed by atoms with Gasteiger partial charge in [0.15, 0.2) is 5.78 Å². The van der Waals surface area contributed by atoms with E-state index in [4.69, 9.17) is 9.94 Å². The van der Waals surface area contributed by atoms with Crippen molar-refractivity contribution in [2.45, 2.75) is 69.8 Å². The fourth-order valence-corrected chi connectivity index (χ4v) is 7.63. The zero-order valence-electron chi connectivity index (χ0n) is 19.7. The molecule has 5 atom stereocenters. The number of aliphatic hydroxyl groups is 1. The minimum atomic E-state index is -0.832. The van der Waals surface area contributed by atoms with Crippen molar-refractivity contribution in [2.75, 3.05) is 13.7 Å². The summed E-state index contributed by atoms with van der Waals surface area (Å²) >= 11 is 0. The van der Waals surface area contributed by atoms with Crippen molar-refractivity contribution in [1.82, 2.24) is 0 Å². The SMILES string of the molecule is COC[C@]1(O)CCCC2C3CCC4=CC(=O)CCC4=C3[C@@H](c3ccc(/C=N/O)cc3)C[C@@]21C. The van der Waals surface area contributed by atoms with Crippen LogP contribution in [0.3, 0.4) is 0 Å². The highest BCUT2D eigenvalue weighted by molar-refractivity contribution is 5.93. The number of benzene rings is 1. The summed E-state index contributed by atoms with van der Waals surface area (Å²) in [6.07, 6.45) is 10.6. The average Bonchev–Trinajstić information content (AvgIpc) is 2.80. The van der Waals surface area contributed by atoms with Gasteiger partial charge in [0.25, 0.3) is 0 Å². The van der Waals surface area contributed by atoms with E-state index in [9.17, 15) is 9.90 Å². The summed E-state index contributed by atoms with van der Waals surface area (Å²) in [5, 5.41) is 24.0. The first kappa shape index (κ1) is 22.5. The van der Waals surface area contributed by atoms with Crippen LogP contribution in [0.4, 0.5) is 0 Å². The second kappa shape index (κ2) is 8.52. The van der Waals surface area contributed by atoms with Crippen LogP contribution in [0.25, 0.3) is 0 Å². The summed E-state index contributed by atoms with van der Waals surface area (Å²) < 4.78 is 5.57. The lowest BCUT2D eigenvalue weighted by molar-refractivity contribution is -0.187. The Morgan fingerprint density at radius 1 is 1.18 bits per heavy atom. The molecule has 5 heteroatoms. The fraction of sp³-hybridized carbons (Fsp3) is 0.571. The maximum Gasteiger partial charge on any atom is 0.156 e. The van der Waals surface area contributed by atoms with E-state index in [1.807, 2.05) is 18.2 Å². The molecule has 2 N–H and O–H groups in total. The van der Waals surface area contributed by atoms with Gasteiger partial charge in [0.2, 0.25) is 0 Å². The third kappa shape index (κ3) is 3.60. The standard InChI is InChI=1S/C28H35NO4/c1-27-15-24(19-7-5-18(6-8-19)16-29-32)26-22-12-10-21(30)14-20(22)9-11-23(26)25(27)4-3-13-28(27,31)17-33-2/h5-8,14,16,23-25,31-32H,3-4,9-13,15,17H2,1-2H3/b29-16+/t23?,24-,25?,27+,28-/m1/s1. The topological polar surface area (TPSA) is 79.1 Å². The Kier molecular flexibility index (Phi) is 5.82. The van der Waals surface area contributed by atoms with Gasteiger partial charge in [0.1, 0.15) is 0 Å². The molecule has 0 amide bonds. The van der Waals surface area contributed by atoms with E-state index in [1.54, 1.807) is 7.11 Å². The molecule has 0 heterocycles. The normalized spacial score (nSPS) is 36.3. The van der Waals surface area contributed by atoms with Crippen LogP contribution < -0.4 is 0 Å². The van der Waals surface area contributed by atoms with Crippen molar-refractivity contribution in [2.24, 2.45) is 22.4 Å². The highest BCUT2D eigenvalue weighted by Gasteiger charge is 2.60. The molecule has 5 rings (SSSR count). The molecule has 176 valence electrons. The number of ether oxygens (including phenoxy) is 1. The molecule has 1 aromatic rings. The van der Waals surface area contributed by atoms with E-state index in [-0.39, 0.29) is 17.1 Å². The maximum atomic E-state index is 12.2. The lowest BCUT2D eigenvalue weighted by Gasteiger charge is -2.61. The summed E-state index contributed by atoms with van der Waals surface area (Å²) in [4.78, 5) is 12.2. The Morgan fingerprint density at radius 3 is 2.70 bits per heavy atom. The van der Waals surface area contributed by atoms with Crippen molar-refractivity contribution < 1.29 is 19.8 Å². The number of allylic oxidation sites excluding steroid dienone is 4. The molecule has 0 saturated heterocycles. The molecule has 2 saturated carbocycles. The number of oxime groups is 1. The minimum Gasteiger partial charge on any atom is -0.411 e. The van der Waals surface area contributed by atoms with Crippen LogP contribution >= 0.6 is 0 Å². The Balaban J connectivity index is 1.66. The first-order valence-corrected chi connectivity index (χ1v) is 12.4. The molecule has 5 nitrogen and oxygen atoms in total. The number of carbonyl (C=O) groups excluding carboxylic acids is 1. The van der Waals surface area contributed by atoms with Gasteiger partial charge >= 0.3 is 0 Å². The lowest BCUT2D eigenvalue weighted by Crippen LogP contribution is -2.61. The smallest absolute Gasteiger partial charge is 0.156 e. The van der Waals surface area contributed by atoms with E-state index in [2.05, 4.69) is 24.2 Å². The third-order valence-corrected chi connectivity index (χ3v) is 9.22. The van der Waals surface area contributed by atoms with Gasteiger partial charge in [0.05, 0.1) is 18.4 Å². The van der Waals surface area contributed by atoms with Gasteiger partial charge in [0, 0.05) is 24.9 Å². The molecule has 2 unspecified atom stereocenters. The van der Waals surface area contributed by atoms with Crippen molar-refractivity contribution in [1.29, 1.82) is 0 Å². The molecule has 0 bridgehead atoms. The van der Waals surface area contributed by atoms with Crippen LogP contribution in [0.15, 0.2) is 52.2 Å². The molecule has 0 spiro atoms. The number of methoxy groups -OCH3 is 1. The van der Waals surface area contributed by atoms with Gasteiger partial charge in [-0.25, -0.2) is 0 Å². The van der Waals surface area contributed by atoms with Gasteiger partial charge in [-0.3, -0.25) is 4.79 Å². The van der Waals surface area contributed by atoms with E-state index in [1.165, 1.54) is 28.5 Å². The van der Waals surface area contributed by atoms with Gasteiger partial charge in [-0.15, -0.1) is 0 Å². The molecule has 33 heavy (non-hydrogen) atoms. The number of fused-ring (bicyclic) bond motifs is 4. The Bertz CT molecular complexity index is 1020. The zero-order valence-corrected chi connectivity index (χ0v) is 19.7. The molecule has 4 aliphatic carbocycles. The van der Waals surface area contributed by atoms with Crippen LogP contribution in [-0.2, 0) is 9.53 Å². The summed E-state index contributed by atoms with van der Waals surface area (Å²) in [6.45, 7) is 2.67. The number of rotatable bonds is 4. The van der Waals surface area contributed by atoms with Crippen molar-refractivity contribution >= 4 is 12.0 Å². The van der Waals surface area contributed by atoms with Crippen molar-refractivity contribution in [3.8, 4) is 0 Å². The van der Waals surface area contributed by atoms with Crippen molar-refractivity contribution in [3.63, 3.8) is 0 Å². The minimum absolute atomic E-state index is 0.199. The molecular formula is C28H35NO4. The molecule has 4 aliphatic rings. The summed E-state index contributed by atoms with van der Waals surface area (Å²) in [5.41, 5.74) is 5.21. The molecule has 1 aromatic carbocycles. The van der Waals surface area contributed by atoms with E-state index >= 15 is 0 Å². The third-order valence-electron chi connectivity index (χ3n) is 9.22. The Hall–Kier alpha value is -2.24. The summed E-state index contributed by atoms with van der Waals surface area (Å²) in [6, 6.07) is 8.27. The lowest BCUT2D eigenvalue weighted by atomic mass is 9.45. The number of carbonyl (C=O) groups is 1. The molecule has 0 aliphatic heterocycles. The van der Waals surface area contributed by atoms with Gasteiger partial charge in [-0.05, 0) is 78.7 Å². The molecule has 0 radical (unpaired) electrons. The van der Waals surface area contributed by atoms with Gasteiger partial charge in [-0.2, -0.15) is 0 Å². The van der Waals surface area contributed by atoms with Gasteiger partial charge in [-0.1, -0.05) is 48.3 Å². The number of nitrogens with zero attached hydrogens (tertiary/aromatic N) is 1. The average molecular weight is 450 g/mol. The number of hydrogen-bond donors (Lipinski definition) is 2. The number of hydrogen-bond acceptors (Lipinski definition) is 5. The van der Waals surface area contributed by atoms with Gasteiger partial charge < -0.3 is 15.1 Å². The highest BCUT2D eigenvalue weighted by Crippen LogP contribution is 2.65. The zero-order chi connectivity index (χ0) is 23.2. The first-order valence-electron chi connectivity index (χ1n) is 12.4. The predicted octanol–water partition coefficient (Wildman–Crippen LogP) is 5.16. The predicted molar refractivity (Wildman–Crippen MR) is 128 cm³/mol. The van der Waals surface area contributed by atoms with Crippen LogP contribution in [0.1, 0.15) is 75.3 Å². The summed E-state index contributed by atoms with van der Waals surface area (Å²) in [7, 11) is 1.69. The second-order valence-corrected chi connectivity index (χ2v) is 10.8. The largest absolute Gasteiger partial charge is 0.411 e.